The van der Waals surface area contributed by atoms with Gasteiger partial charge >= 0.3 is 0 Å². The van der Waals surface area contributed by atoms with Gasteiger partial charge in [-0.05, 0) is 43.6 Å². The molecule has 2 rings (SSSR count). The summed E-state index contributed by atoms with van der Waals surface area (Å²) in [5.41, 5.74) is 6.74. The molecule has 14 heavy (non-hydrogen) atoms. The van der Waals surface area contributed by atoms with E-state index in [1.165, 1.54) is 12.1 Å². The van der Waals surface area contributed by atoms with Crippen LogP contribution in [0.4, 0.5) is 4.39 Å². The van der Waals surface area contributed by atoms with E-state index in [4.69, 9.17) is 5.73 Å². The van der Waals surface area contributed by atoms with Gasteiger partial charge in [-0.15, -0.1) is 0 Å². The second-order valence-electron chi connectivity index (χ2n) is 3.80. The molecule has 1 heterocycles. The van der Waals surface area contributed by atoms with Gasteiger partial charge in [0.25, 0.3) is 0 Å². The molecule has 1 aliphatic heterocycles. The van der Waals surface area contributed by atoms with Crippen LogP contribution in [0.3, 0.4) is 0 Å². The molecule has 0 radical (unpaired) electrons. The molecule has 1 aliphatic rings. The fraction of sp³-hybridized carbons (Fsp3) is 0.455. The van der Waals surface area contributed by atoms with Crippen molar-refractivity contribution in [2.75, 3.05) is 13.1 Å². The molecule has 1 unspecified atom stereocenters. The van der Waals surface area contributed by atoms with E-state index in [9.17, 15) is 4.39 Å². The van der Waals surface area contributed by atoms with Crippen LogP contribution in [0.25, 0.3) is 0 Å². The van der Waals surface area contributed by atoms with Crippen LogP contribution in [0.15, 0.2) is 24.3 Å². The van der Waals surface area contributed by atoms with Crippen LogP contribution >= 0.6 is 0 Å². The summed E-state index contributed by atoms with van der Waals surface area (Å²) in [5.74, 6) is -0.184. The van der Waals surface area contributed by atoms with Gasteiger partial charge in [-0.3, -0.25) is 0 Å². The van der Waals surface area contributed by atoms with Gasteiger partial charge in [-0.2, -0.15) is 0 Å². The fourth-order valence-corrected chi connectivity index (χ4v) is 2.05. The summed E-state index contributed by atoms with van der Waals surface area (Å²) in [6.45, 7) is 1.68. The van der Waals surface area contributed by atoms with Gasteiger partial charge in [-0.25, -0.2) is 4.39 Å². The van der Waals surface area contributed by atoms with Crippen LogP contribution in [0.1, 0.15) is 18.4 Å². The van der Waals surface area contributed by atoms with E-state index in [0.717, 1.165) is 24.9 Å². The maximum Gasteiger partial charge on any atom is 0.123 e. The average Bonchev–Trinajstić information content (AvgIpc) is 2.13. The predicted octanol–water partition coefficient (Wildman–Crippen LogP) is 1.36. The van der Waals surface area contributed by atoms with E-state index < -0.39 is 0 Å². The van der Waals surface area contributed by atoms with E-state index in [2.05, 4.69) is 5.32 Å². The van der Waals surface area contributed by atoms with Gasteiger partial charge in [-0.1, -0.05) is 12.1 Å². The first-order chi connectivity index (χ1) is 6.77. The van der Waals surface area contributed by atoms with Crippen molar-refractivity contribution >= 4 is 0 Å². The van der Waals surface area contributed by atoms with Crippen LogP contribution in [-0.2, 0) is 5.54 Å². The third-order valence-electron chi connectivity index (χ3n) is 2.98. The minimum absolute atomic E-state index is 0.0163. The topological polar surface area (TPSA) is 38.0 Å². The first kappa shape index (κ1) is 9.62. The van der Waals surface area contributed by atoms with Crippen LogP contribution < -0.4 is 11.1 Å². The largest absolute Gasteiger partial charge is 0.330 e. The van der Waals surface area contributed by atoms with Crippen LogP contribution in [0.5, 0.6) is 0 Å². The minimum atomic E-state index is -0.184. The van der Waals surface area contributed by atoms with Crippen molar-refractivity contribution in [3.8, 4) is 0 Å². The second-order valence-corrected chi connectivity index (χ2v) is 3.80. The normalized spacial score (nSPS) is 25.9. The maximum atomic E-state index is 12.7. The summed E-state index contributed by atoms with van der Waals surface area (Å²) in [6, 6.07) is 6.70. The van der Waals surface area contributed by atoms with Crippen molar-refractivity contribution in [3.05, 3.63) is 35.6 Å². The third-order valence-corrected chi connectivity index (χ3v) is 2.98. The van der Waals surface area contributed by atoms with Crippen molar-refractivity contribution in [1.82, 2.24) is 5.32 Å². The Morgan fingerprint density at radius 2 is 2.00 bits per heavy atom. The van der Waals surface area contributed by atoms with E-state index >= 15 is 0 Å². The number of rotatable bonds is 3. The number of benzene rings is 1. The molecule has 1 atom stereocenters. The molecular weight excluding hydrogens is 179 g/mol. The lowest BCUT2D eigenvalue weighted by Crippen LogP contribution is -2.55. The molecule has 2 nitrogen and oxygen atoms in total. The molecule has 0 bridgehead atoms. The molecule has 0 saturated carbocycles. The first-order valence-corrected chi connectivity index (χ1v) is 4.98. The van der Waals surface area contributed by atoms with E-state index in [1.807, 2.05) is 12.1 Å². The van der Waals surface area contributed by atoms with Gasteiger partial charge in [0.1, 0.15) is 5.82 Å². The highest BCUT2D eigenvalue weighted by Gasteiger charge is 2.36. The molecule has 1 saturated heterocycles. The number of nitrogens with one attached hydrogen (secondary N) is 1. The Morgan fingerprint density at radius 3 is 2.43 bits per heavy atom. The number of hydrogen-bond acceptors (Lipinski definition) is 2. The summed E-state index contributed by atoms with van der Waals surface area (Å²) >= 11 is 0. The molecule has 3 heteroatoms. The number of hydrogen-bond donors (Lipinski definition) is 2. The molecule has 1 aromatic rings. The smallest absolute Gasteiger partial charge is 0.123 e. The van der Waals surface area contributed by atoms with Gasteiger partial charge in [0.2, 0.25) is 0 Å². The van der Waals surface area contributed by atoms with Gasteiger partial charge in [0.15, 0.2) is 0 Å². The van der Waals surface area contributed by atoms with E-state index in [-0.39, 0.29) is 11.4 Å². The summed E-state index contributed by atoms with van der Waals surface area (Å²) in [5, 5.41) is 3.39. The highest BCUT2D eigenvalue weighted by Crippen LogP contribution is 2.34. The van der Waals surface area contributed by atoms with Crippen molar-refractivity contribution in [2.45, 2.75) is 18.4 Å². The highest BCUT2D eigenvalue weighted by atomic mass is 19.1. The predicted molar refractivity (Wildman–Crippen MR) is 54.4 cm³/mol. The van der Waals surface area contributed by atoms with Crippen molar-refractivity contribution in [2.24, 2.45) is 5.73 Å². The zero-order valence-corrected chi connectivity index (χ0v) is 8.09. The van der Waals surface area contributed by atoms with Crippen LogP contribution in [0, 0.1) is 5.82 Å². The molecule has 1 aromatic carbocycles. The van der Waals surface area contributed by atoms with E-state index in [1.54, 1.807) is 0 Å². The van der Waals surface area contributed by atoms with Crippen molar-refractivity contribution in [3.63, 3.8) is 0 Å². The molecule has 1 fully saturated rings. The Balaban J connectivity index is 2.23. The zero-order chi connectivity index (χ0) is 10.0. The van der Waals surface area contributed by atoms with Gasteiger partial charge in [0, 0.05) is 5.54 Å². The molecule has 0 amide bonds. The molecule has 0 aliphatic carbocycles. The van der Waals surface area contributed by atoms with Crippen molar-refractivity contribution in [1.29, 1.82) is 0 Å². The molecule has 76 valence electrons. The Morgan fingerprint density at radius 1 is 1.36 bits per heavy atom. The summed E-state index contributed by atoms with van der Waals surface area (Å²) in [6.07, 6.45) is 2.01. The Hall–Kier alpha value is -0.930. The van der Waals surface area contributed by atoms with Gasteiger partial charge < -0.3 is 11.1 Å². The minimum Gasteiger partial charge on any atom is -0.330 e. The summed E-state index contributed by atoms with van der Waals surface area (Å²) in [7, 11) is 0. The molecule has 0 spiro atoms. The Kier molecular flexibility index (Phi) is 2.52. The molecular formula is C11H15FN2. The quantitative estimate of drug-likeness (QED) is 0.762. The second kappa shape index (κ2) is 3.67. The number of nitrogens with two attached hydrogens (primary N) is 1. The maximum absolute atomic E-state index is 12.7. The Labute approximate surface area is 83.3 Å². The third kappa shape index (κ3) is 1.53. The molecule has 0 aromatic heterocycles. The lowest BCUT2D eigenvalue weighted by Gasteiger charge is -2.44. The summed E-state index contributed by atoms with van der Waals surface area (Å²) < 4.78 is 12.7. The fourth-order valence-electron chi connectivity index (χ4n) is 2.05. The van der Waals surface area contributed by atoms with E-state index in [0.29, 0.717) is 6.54 Å². The van der Waals surface area contributed by atoms with Crippen LogP contribution in [-0.4, -0.2) is 13.1 Å². The van der Waals surface area contributed by atoms with Crippen LogP contribution in [0.2, 0.25) is 0 Å². The first-order valence-electron chi connectivity index (χ1n) is 4.98. The SMILES string of the molecule is NCCC1(c2ccc(F)cc2)CCN1. The lowest BCUT2D eigenvalue weighted by molar-refractivity contribution is 0.196. The lowest BCUT2D eigenvalue weighted by atomic mass is 9.78. The monoisotopic (exact) mass is 194 g/mol. The summed E-state index contributed by atoms with van der Waals surface area (Å²) in [4.78, 5) is 0. The standard InChI is InChI=1S/C11H15FN2/c12-10-3-1-9(2-4-10)11(5-7-13)6-8-14-11/h1-4,14H,5-8,13H2. The average molecular weight is 194 g/mol. The molecule has 3 N–H and O–H groups in total. The van der Waals surface area contributed by atoms with Crippen molar-refractivity contribution < 1.29 is 4.39 Å². The highest BCUT2D eigenvalue weighted by molar-refractivity contribution is 5.27. The Bertz CT molecular complexity index is 304. The zero-order valence-electron chi connectivity index (χ0n) is 8.09. The number of halogens is 1. The van der Waals surface area contributed by atoms with Gasteiger partial charge in [0.05, 0.1) is 0 Å².